The average Bonchev–Trinajstić information content (AvgIpc) is 3.24. The first kappa shape index (κ1) is 30.2. The Hall–Kier alpha value is -2.75. The van der Waals surface area contributed by atoms with Crippen LogP contribution in [0.5, 0.6) is 11.6 Å². The quantitative estimate of drug-likeness (QED) is 0.325. The van der Waals surface area contributed by atoms with E-state index in [1.54, 1.807) is 13.3 Å². The first-order valence-electron chi connectivity index (χ1n) is 14.2. The van der Waals surface area contributed by atoms with Gasteiger partial charge < -0.3 is 33.9 Å². The van der Waals surface area contributed by atoms with Crippen molar-refractivity contribution in [3.05, 3.63) is 41.6 Å². The van der Waals surface area contributed by atoms with E-state index in [1.807, 2.05) is 37.3 Å². The molecular formula is C30H42ClN3O6. The zero-order valence-electron chi connectivity index (χ0n) is 23.9. The Balaban J connectivity index is 1.36. The lowest BCUT2D eigenvalue weighted by atomic mass is 9.96. The van der Waals surface area contributed by atoms with Crippen LogP contribution in [0.4, 0.5) is 11.4 Å². The topological polar surface area (TPSA) is 93.6 Å². The average molecular weight is 576 g/mol. The first-order valence-corrected chi connectivity index (χ1v) is 14.6. The van der Waals surface area contributed by atoms with E-state index in [2.05, 4.69) is 28.6 Å². The maximum Gasteiger partial charge on any atom is 0.305 e. The van der Waals surface area contributed by atoms with Gasteiger partial charge in [-0.05, 0) is 37.6 Å². The van der Waals surface area contributed by atoms with Gasteiger partial charge in [0.05, 0.1) is 36.5 Å². The lowest BCUT2D eigenvalue weighted by Gasteiger charge is -2.38. The minimum absolute atomic E-state index is 0.0261. The number of benzene rings is 1. The molecular weight excluding hydrogens is 534 g/mol. The molecule has 2 aliphatic heterocycles. The summed E-state index contributed by atoms with van der Waals surface area (Å²) in [5, 5.41) is 10.2. The Kier molecular flexibility index (Phi) is 10.8. The van der Waals surface area contributed by atoms with E-state index in [0.29, 0.717) is 37.3 Å². The van der Waals surface area contributed by atoms with Gasteiger partial charge in [0.15, 0.2) is 0 Å². The van der Waals surface area contributed by atoms with E-state index >= 15 is 0 Å². The van der Waals surface area contributed by atoms with Crippen LogP contribution in [0.2, 0.25) is 5.02 Å². The fourth-order valence-electron chi connectivity index (χ4n) is 5.72. The Morgan fingerprint density at radius 1 is 1.15 bits per heavy atom. The number of halogens is 1. The van der Waals surface area contributed by atoms with Gasteiger partial charge >= 0.3 is 5.97 Å². The van der Waals surface area contributed by atoms with Gasteiger partial charge in [-0.15, -0.1) is 0 Å². The molecule has 2 saturated heterocycles. The number of nitrogens with zero attached hydrogens (tertiary/aromatic N) is 3. The van der Waals surface area contributed by atoms with Gasteiger partial charge in [-0.3, -0.25) is 4.79 Å². The lowest BCUT2D eigenvalue weighted by Crippen LogP contribution is -2.44. The van der Waals surface area contributed by atoms with Crippen molar-refractivity contribution in [1.29, 1.82) is 0 Å². The molecule has 2 aromatic rings. The molecule has 0 spiro atoms. The number of ether oxygens (including phenoxy) is 4. The van der Waals surface area contributed by atoms with E-state index in [9.17, 15) is 9.90 Å². The minimum Gasteiger partial charge on any atom is -0.490 e. The molecule has 0 bridgehead atoms. The van der Waals surface area contributed by atoms with Gasteiger partial charge in [-0.1, -0.05) is 25.4 Å². The van der Waals surface area contributed by atoms with Crippen molar-refractivity contribution in [3.8, 4) is 11.6 Å². The van der Waals surface area contributed by atoms with Crippen LogP contribution >= 0.6 is 11.6 Å². The number of methoxy groups -OCH3 is 1. The van der Waals surface area contributed by atoms with Crippen molar-refractivity contribution in [2.24, 2.45) is 11.8 Å². The third kappa shape index (κ3) is 7.50. The number of hydrogen-bond acceptors (Lipinski definition) is 8. The van der Waals surface area contributed by atoms with Gasteiger partial charge in [0, 0.05) is 75.5 Å². The van der Waals surface area contributed by atoms with Crippen LogP contribution in [0.3, 0.4) is 0 Å². The number of carboxylic acids is 1. The lowest BCUT2D eigenvalue weighted by molar-refractivity contribution is -0.137. The summed E-state index contributed by atoms with van der Waals surface area (Å²) in [4.78, 5) is 20.3. The second-order valence-corrected chi connectivity index (χ2v) is 11.1. The summed E-state index contributed by atoms with van der Waals surface area (Å²) in [7, 11) is 1.60. The number of hydrogen-bond donors (Lipinski definition) is 1. The summed E-state index contributed by atoms with van der Waals surface area (Å²) in [5.41, 5.74) is 1.91. The van der Waals surface area contributed by atoms with Crippen molar-refractivity contribution in [3.63, 3.8) is 0 Å². The molecule has 40 heavy (non-hydrogen) atoms. The van der Waals surface area contributed by atoms with Gasteiger partial charge in [0.1, 0.15) is 11.9 Å². The summed E-state index contributed by atoms with van der Waals surface area (Å²) in [5.74, 6) is 0.930. The smallest absolute Gasteiger partial charge is 0.305 e. The van der Waals surface area contributed by atoms with Crippen LogP contribution in [0.1, 0.15) is 40.0 Å². The van der Waals surface area contributed by atoms with Crippen LogP contribution < -0.4 is 19.3 Å². The van der Waals surface area contributed by atoms with Crippen LogP contribution in [-0.4, -0.2) is 80.9 Å². The second kappa shape index (κ2) is 14.2. The molecule has 2 aliphatic rings. The van der Waals surface area contributed by atoms with Gasteiger partial charge in [-0.25, -0.2) is 4.98 Å². The zero-order chi connectivity index (χ0) is 28.6. The summed E-state index contributed by atoms with van der Waals surface area (Å²) in [6, 6.07) is 9.76. The molecule has 1 aromatic heterocycles. The van der Waals surface area contributed by atoms with E-state index in [1.165, 1.54) is 0 Å². The number of aliphatic carboxylic acids is 1. The van der Waals surface area contributed by atoms with E-state index in [-0.39, 0.29) is 36.5 Å². The van der Waals surface area contributed by atoms with E-state index < -0.39 is 5.97 Å². The molecule has 220 valence electrons. The minimum atomic E-state index is -0.800. The SMILES string of the molecule is CCOCCCO[C@H]1CN(c2ccc(O[C@@H]3CCN(c4cc(OC)ncc4Cl)C[C@H]3C)cc2)[C@@H](CC(=O)O)[C@@H]1C. The molecule has 1 N–H and O–H groups in total. The van der Waals surface area contributed by atoms with Crippen LogP contribution in [0, 0.1) is 11.8 Å². The molecule has 0 amide bonds. The number of aromatic nitrogens is 1. The summed E-state index contributed by atoms with van der Waals surface area (Å²) >= 11 is 6.43. The molecule has 1 aromatic carbocycles. The maximum absolute atomic E-state index is 11.7. The number of piperidine rings is 1. The van der Waals surface area contributed by atoms with Crippen molar-refractivity contribution in [2.45, 2.75) is 58.3 Å². The molecule has 9 nitrogen and oxygen atoms in total. The molecule has 4 rings (SSSR count). The molecule has 0 saturated carbocycles. The van der Waals surface area contributed by atoms with Gasteiger partial charge in [-0.2, -0.15) is 0 Å². The summed E-state index contributed by atoms with van der Waals surface area (Å²) in [6.45, 7) is 10.5. The zero-order valence-corrected chi connectivity index (χ0v) is 24.7. The monoisotopic (exact) mass is 575 g/mol. The maximum atomic E-state index is 11.7. The molecule has 3 heterocycles. The third-order valence-corrected chi connectivity index (χ3v) is 8.26. The highest BCUT2D eigenvalue weighted by atomic mass is 35.5. The molecule has 10 heteroatoms. The Labute approximate surface area is 242 Å². The van der Waals surface area contributed by atoms with Crippen molar-refractivity contribution in [2.75, 3.05) is 56.4 Å². The van der Waals surface area contributed by atoms with Gasteiger partial charge in [0.25, 0.3) is 0 Å². The van der Waals surface area contributed by atoms with E-state index in [4.69, 9.17) is 30.5 Å². The van der Waals surface area contributed by atoms with Crippen molar-refractivity contribution >= 4 is 28.9 Å². The Morgan fingerprint density at radius 3 is 2.60 bits per heavy atom. The standard InChI is InChI=1S/C30H42ClN3O6/c1-5-38-13-6-14-39-28-19-34(25(21(28)3)16-30(35)36)22-7-9-23(10-8-22)40-27-11-12-33(18-20(27)2)26-15-29(37-4)32-17-24(26)31/h7-10,15,17,20-21,25,27-28H,5-6,11-14,16,18-19H2,1-4H3,(H,35,36)/t20-,21+,25+,27-,28+/m1/s1. The fraction of sp³-hybridized carbons (Fsp3) is 0.600. The Morgan fingerprint density at radius 2 is 1.93 bits per heavy atom. The number of anilines is 2. The molecule has 0 unspecified atom stereocenters. The highest BCUT2D eigenvalue weighted by Crippen LogP contribution is 2.36. The van der Waals surface area contributed by atoms with Crippen LogP contribution in [0.15, 0.2) is 36.5 Å². The molecule has 5 atom stereocenters. The number of carbonyl (C=O) groups is 1. The second-order valence-electron chi connectivity index (χ2n) is 10.7. The number of carboxylic acid groups (broad SMARTS) is 1. The third-order valence-electron chi connectivity index (χ3n) is 7.97. The van der Waals surface area contributed by atoms with E-state index in [0.717, 1.165) is 43.1 Å². The highest BCUT2D eigenvalue weighted by Gasteiger charge is 2.41. The van der Waals surface area contributed by atoms with Crippen LogP contribution in [-0.2, 0) is 14.3 Å². The number of rotatable bonds is 13. The molecule has 0 aliphatic carbocycles. The molecule has 2 fully saturated rings. The first-order chi connectivity index (χ1) is 19.3. The van der Waals surface area contributed by atoms with Crippen molar-refractivity contribution < 1.29 is 28.8 Å². The summed E-state index contributed by atoms with van der Waals surface area (Å²) < 4.78 is 23.3. The predicted molar refractivity (Wildman–Crippen MR) is 156 cm³/mol. The molecule has 0 radical (unpaired) electrons. The largest absolute Gasteiger partial charge is 0.490 e. The Bertz CT molecular complexity index is 1100. The summed E-state index contributed by atoms with van der Waals surface area (Å²) in [6.07, 6.45) is 3.43. The van der Waals surface area contributed by atoms with Gasteiger partial charge in [0.2, 0.25) is 5.88 Å². The fourth-order valence-corrected chi connectivity index (χ4v) is 5.94. The highest BCUT2D eigenvalue weighted by molar-refractivity contribution is 6.33. The van der Waals surface area contributed by atoms with Crippen molar-refractivity contribution in [1.82, 2.24) is 4.98 Å². The predicted octanol–water partition coefficient (Wildman–Crippen LogP) is 5.15. The number of pyridine rings is 1. The van der Waals surface area contributed by atoms with Crippen LogP contribution in [0.25, 0.3) is 0 Å². The normalized spacial score (nSPS) is 24.8.